The van der Waals surface area contributed by atoms with E-state index in [-0.39, 0.29) is 5.60 Å². The minimum atomic E-state index is -0.0669. The van der Waals surface area contributed by atoms with Crippen molar-refractivity contribution in [2.45, 2.75) is 122 Å². The first-order valence-corrected chi connectivity index (χ1v) is 12.2. The van der Waals surface area contributed by atoms with Crippen molar-refractivity contribution < 1.29 is 9.53 Å². The molecule has 1 aromatic carbocycles. The summed E-state index contributed by atoms with van der Waals surface area (Å²) >= 11 is 0. The molecule has 1 aromatic rings. The molecule has 0 radical (unpaired) electrons. The average Bonchev–Trinajstić information content (AvgIpc) is 3.63. The molecule has 0 bridgehead atoms. The van der Waals surface area contributed by atoms with Crippen molar-refractivity contribution in [3.63, 3.8) is 0 Å². The Balaban J connectivity index is 1.27. The first-order chi connectivity index (χ1) is 14.1. The zero-order chi connectivity index (χ0) is 20.6. The fraction of sp³-hybridized carbons (Fsp3) is 0.741. The minimum absolute atomic E-state index is 0.0669. The number of unbranched alkanes of at least 4 members (excludes halogenated alkanes) is 6. The van der Waals surface area contributed by atoms with Crippen molar-refractivity contribution in [2.24, 2.45) is 5.41 Å². The van der Waals surface area contributed by atoms with E-state index in [9.17, 15) is 4.79 Å². The van der Waals surface area contributed by atoms with E-state index in [0.29, 0.717) is 6.47 Å². The first-order valence-electron chi connectivity index (χ1n) is 12.2. The zero-order valence-electron chi connectivity index (χ0n) is 18.9. The predicted octanol–water partition coefficient (Wildman–Crippen LogP) is 7.49. The Hall–Kier alpha value is -1.31. The van der Waals surface area contributed by atoms with Crippen LogP contribution in [0.2, 0.25) is 0 Å². The van der Waals surface area contributed by atoms with Gasteiger partial charge in [-0.2, -0.15) is 0 Å². The minimum Gasteiger partial charge on any atom is -0.461 e. The number of hydrogen-bond donors (Lipinski definition) is 0. The number of benzene rings is 1. The molecule has 0 aliphatic heterocycles. The highest BCUT2D eigenvalue weighted by atomic mass is 16.5. The molecule has 0 amide bonds. The van der Waals surface area contributed by atoms with Crippen LogP contribution in [-0.4, -0.2) is 12.1 Å². The maximum atomic E-state index is 10.5. The van der Waals surface area contributed by atoms with E-state index in [1.54, 1.807) is 11.1 Å². The second kappa shape index (κ2) is 10.6. The summed E-state index contributed by atoms with van der Waals surface area (Å²) in [4.78, 5) is 10.5. The van der Waals surface area contributed by atoms with E-state index in [0.717, 1.165) is 24.7 Å². The van der Waals surface area contributed by atoms with Crippen LogP contribution in [0.3, 0.4) is 0 Å². The smallest absolute Gasteiger partial charge is 0.293 e. The molecule has 0 unspecified atom stereocenters. The van der Waals surface area contributed by atoms with Gasteiger partial charge in [0.25, 0.3) is 6.47 Å². The number of rotatable bonds is 16. The van der Waals surface area contributed by atoms with Gasteiger partial charge in [0, 0.05) is 0 Å². The van der Waals surface area contributed by atoms with E-state index in [1.807, 2.05) is 0 Å². The number of carbonyl (C=O) groups is 1. The van der Waals surface area contributed by atoms with E-state index in [1.165, 1.54) is 89.0 Å². The van der Waals surface area contributed by atoms with Gasteiger partial charge in [-0.15, -0.1) is 0 Å². The van der Waals surface area contributed by atoms with Crippen molar-refractivity contribution >= 4 is 6.47 Å². The molecule has 2 saturated carbocycles. The SMILES string of the molecule is Cc1c(CCCCCCC2(C)CC2)cccc1CCCCCCC1(OC=O)CC1. The van der Waals surface area contributed by atoms with Crippen LogP contribution in [0.15, 0.2) is 18.2 Å². The van der Waals surface area contributed by atoms with E-state index >= 15 is 0 Å². The Morgan fingerprint density at radius 2 is 1.38 bits per heavy atom. The fourth-order valence-electron chi connectivity index (χ4n) is 4.75. The second-order valence-corrected chi connectivity index (χ2v) is 10.2. The molecule has 3 rings (SSSR count). The molecule has 162 valence electrons. The quantitative estimate of drug-likeness (QED) is 0.213. The molecule has 2 nitrogen and oxygen atoms in total. The van der Waals surface area contributed by atoms with Crippen molar-refractivity contribution in [1.82, 2.24) is 0 Å². The summed E-state index contributed by atoms with van der Waals surface area (Å²) in [5.41, 5.74) is 5.32. The third-order valence-electron chi connectivity index (χ3n) is 7.57. The normalized spacial score (nSPS) is 18.4. The molecule has 2 aliphatic rings. The summed E-state index contributed by atoms with van der Waals surface area (Å²) in [5, 5.41) is 0. The maximum absolute atomic E-state index is 10.5. The van der Waals surface area contributed by atoms with Gasteiger partial charge in [0.2, 0.25) is 0 Å². The monoisotopic (exact) mass is 398 g/mol. The zero-order valence-corrected chi connectivity index (χ0v) is 18.9. The van der Waals surface area contributed by atoms with Crippen LogP contribution in [0.4, 0.5) is 0 Å². The summed E-state index contributed by atoms with van der Waals surface area (Å²) in [6.07, 6.45) is 20.6. The molecular weight excluding hydrogens is 356 g/mol. The van der Waals surface area contributed by atoms with Gasteiger partial charge in [0.15, 0.2) is 0 Å². The lowest BCUT2D eigenvalue weighted by atomic mass is 9.94. The molecule has 0 saturated heterocycles. The van der Waals surface area contributed by atoms with Crippen LogP contribution >= 0.6 is 0 Å². The number of carbonyl (C=O) groups excluding carboxylic acids is 1. The molecule has 29 heavy (non-hydrogen) atoms. The molecule has 0 spiro atoms. The van der Waals surface area contributed by atoms with Crippen LogP contribution < -0.4 is 0 Å². The molecule has 0 aromatic heterocycles. The molecule has 2 fully saturated rings. The van der Waals surface area contributed by atoms with Gasteiger partial charge < -0.3 is 4.74 Å². The first kappa shape index (κ1) is 22.4. The van der Waals surface area contributed by atoms with Crippen LogP contribution in [0.1, 0.15) is 114 Å². The summed E-state index contributed by atoms with van der Waals surface area (Å²) in [6, 6.07) is 6.93. The third-order valence-corrected chi connectivity index (χ3v) is 7.57. The Labute approximate surface area is 178 Å². The van der Waals surface area contributed by atoms with Gasteiger partial charge in [-0.1, -0.05) is 57.2 Å². The van der Waals surface area contributed by atoms with Gasteiger partial charge >= 0.3 is 0 Å². The molecule has 0 atom stereocenters. The van der Waals surface area contributed by atoms with Gasteiger partial charge in [0.1, 0.15) is 5.60 Å². The lowest BCUT2D eigenvalue weighted by molar-refractivity contribution is -0.135. The Morgan fingerprint density at radius 3 is 1.90 bits per heavy atom. The van der Waals surface area contributed by atoms with Crippen molar-refractivity contribution in [2.75, 3.05) is 0 Å². The molecular formula is C27H42O2. The van der Waals surface area contributed by atoms with Crippen molar-refractivity contribution in [3.05, 3.63) is 34.9 Å². The lowest BCUT2D eigenvalue weighted by Crippen LogP contribution is -2.12. The predicted molar refractivity (Wildman–Crippen MR) is 121 cm³/mol. The summed E-state index contributed by atoms with van der Waals surface area (Å²) < 4.78 is 5.24. The number of aryl methyl sites for hydroxylation is 2. The van der Waals surface area contributed by atoms with Crippen LogP contribution in [-0.2, 0) is 22.4 Å². The summed E-state index contributed by atoms with van der Waals surface area (Å²) in [7, 11) is 0. The lowest BCUT2D eigenvalue weighted by Gasteiger charge is -2.13. The third kappa shape index (κ3) is 7.46. The van der Waals surface area contributed by atoms with E-state index in [2.05, 4.69) is 32.0 Å². The highest BCUT2D eigenvalue weighted by molar-refractivity contribution is 5.39. The second-order valence-electron chi connectivity index (χ2n) is 10.2. The average molecular weight is 399 g/mol. The number of hydrogen-bond acceptors (Lipinski definition) is 2. The highest BCUT2D eigenvalue weighted by Gasteiger charge is 2.44. The Bertz CT molecular complexity index is 640. The fourth-order valence-corrected chi connectivity index (χ4v) is 4.75. The van der Waals surface area contributed by atoms with Crippen molar-refractivity contribution in [3.8, 4) is 0 Å². The summed E-state index contributed by atoms with van der Waals surface area (Å²) in [6.45, 7) is 5.41. The van der Waals surface area contributed by atoms with Crippen molar-refractivity contribution in [1.29, 1.82) is 0 Å². The molecule has 0 N–H and O–H groups in total. The van der Waals surface area contributed by atoms with Crippen LogP contribution in [0, 0.1) is 12.3 Å². The topological polar surface area (TPSA) is 26.3 Å². The van der Waals surface area contributed by atoms with Crippen LogP contribution in [0.5, 0.6) is 0 Å². The maximum Gasteiger partial charge on any atom is 0.293 e. The molecule has 2 heteroatoms. The largest absolute Gasteiger partial charge is 0.461 e. The van der Waals surface area contributed by atoms with E-state index in [4.69, 9.17) is 4.74 Å². The Kier molecular flexibility index (Phi) is 8.21. The standard InChI is InChI=1S/C27H42O2/c1-23-24(12-7-3-5-9-16-26(2)18-19-26)14-11-15-25(23)13-8-4-6-10-17-27(20-21-27)29-22-28/h11,14-15,22H,3-10,12-13,16-21H2,1-2H3. The molecule has 0 heterocycles. The Morgan fingerprint density at radius 1 is 0.828 bits per heavy atom. The summed E-state index contributed by atoms with van der Waals surface area (Å²) in [5.74, 6) is 0. The highest BCUT2D eigenvalue weighted by Crippen LogP contribution is 2.49. The van der Waals surface area contributed by atoms with E-state index < -0.39 is 0 Å². The van der Waals surface area contributed by atoms with Gasteiger partial charge in [0.05, 0.1) is 0 Å². The van der Waals surface area contributed by atoms with Gasteiger partial charge in [-0.25, -0.2) is 0 Å². The van der Waals surface area contributed by atoms with Gasteiger partial charge in [-0.05, 0) is 99.7 Å². The van der Waals surface area contributed by atoms with Crippen LogP contribution in [0.25, 0.3) is 0 Å². The number of ether oxygens (including phenoxy) is 1. The van der Waals surface area contributed by atoms with Gasteiger partial charge in [-0.3, -0.25) is 4.79 Å². The molecule has 2 aliphatic carbocycles.